The number of rotatable bonds is 2. The van der Waals surface area contributed by atoms with Gasteiger partial charge in [-0.2, -0.15) is 0 Å². The van der Waals surface area contributed by atoms with E-state index in [0.29, 0.717) is 17.2 Å². The third kappa shape index (κ3) is 2.67. The summed E-state index contributed by atoms with van der Waals surface area (Å²) in [4.78, 5) is 11.5. The van der Waals surface area contributed by atoms with Crippen molar-refractivity contribution in [3.05, 3.63) is 11.9 Å². The van der Waals surface area contributed by atoms with Crippen molar-refractivity contribution < 1.29 is 0 Å². The summed E-state index contributed by atoms with van der Waals surface area (Å²) < 4.78 is 0. The predicted molar refractivity (Wildman–Crippen MR) is 78.2 cm³/mol. The fraction of sp³-hybridized carbons (Fsp3) is 0.733. The lowest BCUT2D eigenvalue weighted by Crippen LogP contribution is -2.26. The van der Waals surface area contributed by atoms with Crippen LogP contribution in [0.1, 0.15) is 51.8 Å². The summed E-state index contributed by atoms with van der Waals surface area (Å²) in [5, 5.41) is 0. The van der Waals surface area contributed by atoms with Crippen LogP contribution >= 0.6 is 0 Å². The largest absolute Gasteiger partial charge is 0.384 e. The van der Waals surface area contributed by atoms with Crippen molar-refractivity contribution in [2.24, 2.45) is 11.3 Å². The Morgan fingerprint density at radius 1 is 1.21 bits per heavy atom. The molecule has 3 rings (SSSR count). The highest BCUT2D eigenvalue weighted by Gasteiger charge is 2.33. The molecule has 1 saturated heterocycles. The van der Waals surface area contributed by atoms with Crippen molar-refractivity contribution in [3.63, 3.8) is 0 Å². The second-order valence-electron chi connectivity index (χ2n) is 7.08. The SMILES string of the molecule is CC(C)(C)C1CCN(c2cc(N)nc(C3CC3)n2)C1. The monoisotopic (exact) mass is 260 g/mol. The first-order valence-corrected chi connectivity index (χ1v) is 7.33. The van der Waals surface area contributed by atoms with E-state index in [1.54, 1.807) is 0 Å². The summed E-state index contributed by atoms with van der Waals surface area (Å²) in [7, 11) is 0. The number of nitrogens with zero attached hydrogens (tertiary/aromatic N) is 3. The zero-order valence-corrected chi connectivity index (χ0v) is 12.2. The first-order valence-electron chi connectivity index (χ1n) is 7.33. The number of aromatic nitrogens is 2. The molecule has 1 unspecified atom stereocenters. The van der Waals surface area contributed by atoms with Crippen LogP contribution in [0.2, 0.25) is 0 Å². The molecule has 2 N–H and O–H groups in total. The molecule has 0 amide bonds. The van der Waals surface area contributed by atoms with Crippen molar-refractivity contribution in [3.8, 4) is 0 Å². The molecule has 2 fully saturated rings. The maximum Gasteiger partial charge on any atom is 0.136 e. The van der Waals surface area contributed by atoms with Gasteiger partial charge in [-0.05, 0) is 30.6 Å². The molecule has 0 bridgehead atoms. The van der Waals surface area contributed by atoms with Crippen LogP contribution < -0.4 is 10.6 Å². The molecule has 4 heteroatoms. The van der Waals surface area contributed by atoms with Gasteiger partial charge in [0.05, 0.1) is 0 Å². The fourth-order valence-electron chi connectivity index (χ4n) is 2.83. The number of nitrogen functional groups attached to an aromatic ring is 1. The number of hydrogen-bond donors (Lipinski definition) is 1. The molecule has 4 nitrogen and oxygen atoms in total. The lowest BCUT2D eigenvalue weighted by Gasteiger charge is -2.27. The van der Waals surface area contributed by atoms with Gasteiger partial charge in [0.15, 0.2) is 0 Å². The second kappa shape index (κ2) is 4.36. The molecule has 0 spiro atoms. The Kier molecular flexibility index (Phi) is 2.91. The standard InChI is InChI=1S/C15H24N4/c1-15(2,3)11-6-7-19(9-11)13-8-12(16)17-14(18-13)10-4-5-10/h8,10-11H,4-7,9H2,1-3H3,(H2,16,17,18). The van der Waals surface area contributed by atoms with E-state index in [0.717, 1.165) is 30.6 Å². The predicted octanol–water partition coefficient (Wildman–Crippen LogP) is 2.81. The number of nitrogens with two attached hydrogens (primary N) is 1. The molecule has 1 saturated carbocycles. The number of anilines is 2. The lowest BCUT2D eigenvalue weighted by molar-refractivity contribution is 0.263. The highest BCUT2D eigenvalue weighted by molar-refractivity contribution is 5.48. The van der Waals surface area contributed by atoms with Crippen LogP contribution in [0.15, 0.2) is 6.07 Å². The molecule has 2 heterocycles. The first-order chi connectivity index (χ1) is 8.93. The van der Waals surface area contributed by atoms with Gasteiger partial charge in [-0.1, -0.05) is 20.8 Å². The normalized spacial score (nSPS) is 23.9. The van der Waals surface area contributed by atoms with E-state index >= 15 is 0 Å². The van der Waals surface area contributed by atoms with Crippen LogP contribution in [-0.2, 0) is 0 Å². The third-order valence-electron chi connectivity index (χ3n) is 4.43. The van der Waals surface area contributed by atoms with Crippen molar-refractivity contribution in [1.82, 2.24) is 9.97 Å². The molecule has 0 aromatic carbocycles. The van der Waals surface area contributed by atoms with Crippen molar-refractivity contribution in [2.75, 3.05) is 23.7 Å². The Balaban J connectivity index is 1.79. The minimum Gasteiger partial charge on any atom is -0.384 e. The summed E-state index contributed by atoms with van der Waals surface area (Å²) in [5.74, 6) is 3.89. The summed E-state index contributed by atoms with van der Waals surface area (Å²) in [6.07, 6.45) is 3.67. The van der Waals surface area contributed by atoms with E-state index in [-0.39, 0.29) is 0 Å². The average Bonchev–Trinajstić information content (AvgIpc) is 3.03. The lowest BCUT2D eigenvalue weighted by atomic mass is 9.80. The van der Waals surface area contributed by atoms with Crippen LogP contribution in [0.3, 0.4) is 0 Å². The Morgan fingerprint density at radius 3 is 2.53 bits per heavy atom. The molecule has 1 aromatic heterocycles. The quantitative estimate of drug-likeness (QED) is 0.888. The van der Waals surface area contributed by atoms with Gasteiger partial charge in [0.25, 0.3) is 0 Å². The summed E-state index contributed by atoms with van der Waals surface area (Å²) in [5.41, 5.74) is 6.30. The Morgan fingerprint density at radius 2 is 1.95 bits per heavy atom. The van der Waals surface area contributed by atoms with Gasteiger partial charge in [-0.15, -0.1) is 0 Å². The maximum atomic E-state index is 5.94. The molecule has 0 radical (unpaired) electrons. The van der Waals surface area contributed by atoms with E-state index in [4.69, 9.17) is 10.7 Å². The van der Waals surface area contributed by atoms with Crippen LogP contribution in [0.25, 0.3) is 0 Å². The highest BCUT2D eigenvalue weighted by atomic mass is 15.2. The molecule has 104 valence electrons. The second-order valence-corrected chi connectivity index (χ2v) is 7.08. The van der Waals surface area contributed by atoms with Crippen molar-refractivity contribution in [1.29, 1.82) is 0 Å². The van der Waals surface area contributed by atoms with Crippen molar-refractivity contribution >= 4 is 11.6 Å². The van der Waals surface area contributed by atoms with Gasteiger partial charge in [0.1, 0.15) is 17.5 Å². The molecule has 19 heavy (non-hydrogen) atoms. The summed E-state index contributed by atoms with van der Waals surface area (Å²) >= 11 is 0. The van der Waals surface area contributed by atoms with Gasteiger partial charge >= 0.3 is 0 Å². The van der Waals surface area contributed by atoms with E-state index in [2.05, 4.69) is 30.7 Å². The topological polar surface area (TPSA) is 55.0 Å². The van der Waals surface area contributed by atoms with Gasteiger partial charge in [-0.3, -0.25) is 0 Å². The molecule has 1 atom stereocenters. The van der Waals surface area contributed by atoms with Crippen molar-refractivity contribution in [2.45, 2.75) is 46.0 Å². The van der Waals surface area contributed by atoms with Crippen LogP contribution in [0.4, 0.5) is 11.6 Å². The van der Waals surface area contributed by atoms with Crippen LogP contribution in [0.5, 0.6) is 0 Å². The first kappa shape index (κ1) is 12.7. The molecular weight excluding hydrogens is 236 g/mol. The average molecular weight is 260 g/mol. The smallest absolute Gasteiger partial charge is 0.136 e. The van der Waals surface area contributed by atoms with Gasteiger partial charge < -0.3 is 10.6 Å². The zero-order chi connectivity index (χ0) is 13.6. The van der Waals surface area contributed by atoms with Gasteiger partial charge in [0.2, 0.25) is 0 Å². The van der Waals surface area contributed by atoms with Crippen LogP contribution in [0, 0.1) is 11.3 Å². The molecule has 1 aliphatic heterocycles. The van der Waals surface area contributed by atoms with E-state index < -0.39 is 0 Å². The minimum atomic E-state index is 0.368. The van der Waals surface area contributed by atoms with E-state index in [9.17, 15) is 0 Å². The van der Waals surface area contributed by atoms with E-state index in [1.807, 2.05) is 6.07 Å². The summed E-state index contributed by atoms with van der Waals surface area (Å²) in [6, 6.07) is 1.93. The molecule has 1 aromatic rings. The molecule has 1 aliphatic carbocycles. The molecular formula is C15H24N4. The Hall–Kier alpha value is -1.32. The van der Waals surface area contributed by atoms with Gasteiger partial charge in [0, 0.05) is 25.1 Å². The molecule has 2 aliphatic rings. The fourth-order valence-corrected chi connectivity index (χ4v) is 2.83. The van der Waals surface area contributed by atoms with Crippen LogP contribution in [-0.4, -0.2) is 23.1 Å². The number of hydrogen-bond acceptors (Lipinski definition) is 4. The maximum absolute atomic E-state index is 5.94. The Labute approximate surface area is 115 Å². The van der Waals surface area contributed by atoms with Gasteiger partial charge in [-0.25, -0.2) is 9.97 Å². The highest BCUT2D eigenvalue weighted by Crippen LogP contribution is 2.40. The minimum absolute atomic E-state index is 0.368. The Bertz CT molecular complexity index is 474. The van der Waals surface area contributed by atoms with E-state index in [1.165, 1.54) is 19.3 Å². The third-order valence-corrected chi connectivity index (χ3v) is 4.43. The summed E-state index contributed by atoms with van der Waals surface area (Å²) in [6.45, 7) is 9.15. The zero-order valence-electron chi connectivity index (χ0n) is 12.2.